The summed E-state index contributed by atoms with van der Waals surface area (Å²) in [5, 5.41) is 19.2. The maximum Gasteiger partial charge on any atom is 0.168 e. The highest BCUT2D eigenvalue weighted by atomic mass is 19.1. The van der Waals surface area contributed by atoms with Gasteiger partial charge in [0.1, 0.15) is 23.5 Å². The zero-order valence-electron chi connectivity index (χ0n) is 21.5. The topological polar surface area (TPSA) is 111 Å². The van der Waals surface area contributed by atoms with Crippen LogP contribution in [0.2, 0.25) is 0 Å². The Bertz CT molecular complexity index is 1550. The number of fused-ring (bicyclic) bond motifs is 1. The number of aliphatic hydroxyl groups is 2. The molecule has 38 heavy (non-hydrogen) atoms. The van der Waals surface area contributed by atoms with Crippen LogP contribution in [0, 0.1) is 12.7 Å². The minimum atomic E-state index is -1.32. The monoisotopic (exact) mass is 515 g/mol. The molecule has 7 nitrogen and oxygen atoms in total. The van der Waals surface area contributed by atoms with Gasteiger partial charge in [0, 0.05) is 47.8 Å². The molecule has 0 radical (unpaired) electrons. The molecule has 0 fully saturated rings. The molecule has 5 rings (SSSR count). The summed E-state index contributed by atoms with van der Waals surface area (Å²) in [5.41, 5.74) is 3.04. The zero-order valence-corrected chi connectivity index (χ0v) is 21.5. The second-order valence-electron chi connectivity index (χ2n) is 9.00. The van der Waals surface area contributed by atoms with Crippen LogP contribution in [0.1, 0.15) is 35.7 Å². The first-order chi connectivity index (χ1) is 18.4. The van der Waals surface area contributed by atoms with Crippen LogP contribution in [0.5, 0.6) is 11.5 Å². The lowest BCUT2D eigenvalue weighted by atomic mass is 9.91. The zero-order chi connectivity index (χ0) is 27.3. The number of nitrogens with zero attached hydrogens (tertiary/aromatic N) is 1. The van der Waals surface area contributed by atoms with Crippen molar-refractivity contribution in [2.24, 2.45) is 0 Å². The van der Waals surface area contributed by atoms with Crippen molar-refractivity contribution in [3.05, 3.63) is 101 Å². The van der Waals surface area contributed by atoms with E-state index in [1.54, 1.807) is 31.5 Å². The first kappa shape index (κ1) is 26.8. The molecule has 196 valence electrons. The van der Waals surface area contributed by atoms with E-state index < -0.39 is 11.4 Å². The number of H-pyrrole nitrogens is 2. The van der Waals surface area contributed by atoms with E-state index in [1.807, 2.05) is 49.4 Å². The third-order valence-electron chi connectivity index (χ3n) is 6.48. The van der Waals surface area contributed by atoms with Crippen molar-refractivity contribution < 1.29 is 24.1 Å². The molecule has 0 saturated heterocycles. The molecule has 0 saturated carbocycles. The van der Waals surface area contributed by atoms with Crippen molar-refractivity contribution in [1.82, 2.24) is 15.0 Å². The van der Waals surface area contributed by atoms with E-state index in [2.05, 4.69) is 15.0 Å². The van der Waals surface area contributed by atoms with Crippen LogP contribution in [0.15, 0.2) is 73.1 Å². The van der Waals surface area contributed by atoms with Crippen molar-refractivity contribution in [2.75, 3.05) is 7.11 Å². The largest absolute Gasteiger partial charge is 0.454 e. The lowest BCUT2D eigenvalue weighted by molar-refractivity contribution is -0.107. The SMILES string of the molecule is CO.Cc1c(Oc2cccc(-c3ncc(C(C)(O)c4cccc(CCC=O)c4)[nH]3)c2)c(F)cc2[nH]ccc12. The number of aldehydes is 1. The Hall–Kier alpha value is -4.27. The average Bonchev–Trinajstić information content (AvgIpc) is 3.62. The molecular weight excluding hydrogens is 485 g/mol. The molecule has 8 heteroatoms. The predicted molar refractivity (Wildman–Crippen MR) is 145 cm³/mol. The molecule has 2 aromatic heterocycles. The molecule has 4 N–H and O–H groups in total. The number of carbonyl (C=O) groups excluding carboxylic acids is 1. The van der Waals surface area contributed by atoms with Gasteiger partial charge in [0.15, 0.2) is 11.6 Å². The van der Waals surface area contributed by atoms with Crippen LogP contribution >= 0.6 is 0 Å². The fourth-order valence-corrected chi connectivity index (χ4v) is 4.40. The molecule has 0 spiro atoms. The van der Waals surface area contributed by atoms with Crippen LogP contribution < -0.4 is 4.74 Å². The second-order valence-corrected chi connectivity index (χ2v) is 9.00. The Morgan fingerprint density at radius 3 is 2.68 bits per heavy atom. The van der Waals surface area contributed by atoms with Gasteiger partial charge in [0.2, 0.25) is 0 Å². The molecule has 3 aromatic carbocycles. The fourth-order valence-electron chi connectivity index (χ4n) is 4.40. The van der Waals surface area contributed by atoms with Crippen LogP contribution in [-0.4, -0.2) is 38.6 Å². The molecular formula is C30H30FN3O4. The summed E-state index contributed by atoms with van der Waals surface area (Å²) < 4.78 is 20.7. The van der Waals surface area contributed by atoms with Crippen molar-refractivity contribution >= 4 is 17.2 Å². The summed E-state index contributed by atoms with van der Waals surface area (Å²) in [4.78, 5) is 21.4. The van der Waals surface area contributed by atoms with Gasteiger partial charge in [-0.2, -0.15) is 0 Å². The fraction of sp³-hybridized carbons (Fsp3) is 0.200. The maximum atomic E-state index is 14.8. The van der Waals surface area contributed by atoms with E-state index in [0.717, 1.165) is 35.4 Å². The van der Waals surface area contributed by atoms with Gasteiger partial charge in [-0.1, -0.05) is 36.4 Å². The number of aryl methyl sites for hydroxylation is 2. The highest BCUT2D eigenvalue weighted by molar-refractivity contribution is 5.85. The summed E-state index contributed by atoms with van der Waals surface area (Å²) in [6, 6.07) is 18.1. The number of ether oxygens (including phenoxy) is 1. The highest BCUT2D eigenvalue weighted by Crippen LogP contribution is 2.35. The van der Waals surface area contributed by atoms with E-state index in [-0.39, 0.29) is 5.75 Å². The van der Waals surface area contributed by atoms with E-state index in [0.29, 0.717) is 41.2 Å². The number of halogens is 1. The van der Waals surface area contributed by atoms with Gasteiger partial charge in [-0.3, -0.25) is 0 Å². The molecule has 0 aliphatic carbocycles. The second kappa shape index (κ2) is 11.4. The summed E-state index contributed by atoms with van der Waals surface area (Å²) in [6.45, 7) is 3.53. The lowest BCUT2D eigenvalue weighted by Gasteiger charge is -2.23. The third-order valence-corrected chi connectivity index (χ3v) is 6.48. The van der Waals surface area contributed by atoms with Crippen molar-refractivity contribution in [2.45, 2.75) is 32.3 Å². The minimum Gasteiger partial charge on any atom is -0.454 e. The summed E-state index contributed by atoms with van der Waals surface area (Å²) >= 11 is 0. The number of rotatable bonds is 8. The smallest absolute Gasteiger partial charge is 0.168 e. The molecule has 0 bridgehead atoms. The van der Waals surface area contributed by atoms with E-state index >= 15 is 0 Å². The van der Waals surface area contributed by atoms with E-state index in [4.69, 9.17) is 9.84 Å². The number of carbonyl (C=O) groups is 1. The van der Waals surface area contributed by atoms with Gasteiger partial charge in [-0.25, -0.2) is 9.37 Å². The Morgan fingerprint density at radius 2 is 1.89 bits per heavy atom. The molecule has 0 aliphatic rings. The molecule has 2 heterocycles. The number of aromatic nitrogens is 3. The predicted octanol–water partition coefficient (Wildman–Crippen LogP) is 5.79. The van der Waals surface area contributed by atoms with Gasteiger partial charge >= 0.3 is 0 Å². The first-order valence-corrected chi connectivity index (χ1v) is 12.2. The third kappa shape index (κ3) is 5.37. The van der Waals surface area contributed by atoms with Crippen LogP contribution in [-0.2, 0) is 16.8 Å². The van der Waals surface area contributed by atoms with Crippen molar-refractivity contribution in [3.8, 4) is 22.9 Å². The molecule has 5 aromatic rings. The lowest BCUT2D eigenvalue weighted by Crippen LogP contribution is -2.23. The number of benzene rings is 3. The average molecular weight is 516 g/mol. The van der Waals surface area contributed by atoms with Crippen molar-refractivity contribution in [3.63, 3.8) is 0 Å². The summed E-state index contributed by atoms with van der Waals surface area (Å²) in [5.74, 6) is 0.749. The normalized spacial score (nSPS) is 12.5. The number of hydrogen-bond acceptors (Lipinski definition) is 5. The van der Waals surface area contributed by atoms with Gasteiger partial charge in [-0.05, 0) is 49.6 Å². The summed E-state index contributed by atoms with van der Waals surface area (Å²) in [7, 11) is 1.00. The van der Waals surface area contributed by atoms with Crippen LogP contribution in [0.25, 0.3) is 22.3 Å². The number of aromatic amines is 2. The Labute approximate surface area is 220 Å². The minimum absolute atomic E-state index is 0.178. The van der Waals surface area contributed by atoms with Gasteiger partial charge in [0.25, 0.3) is 0 Å². The molecule has 1 unspecified atom stereocenters. The highest BCUT2D eigenvalue weighted by Gasteiger charge is 2.28. The number of aliphatic hydroxyl groups excluding tert-OH is 1. The van der Waals surface area contributed by atoms with Gasteiger partial charge < -0.3 is 29.7 Å². The van der Waals surface area contributed by atoms with Gasteiger partial charge in [0.05, 0.1) is 11.9 Å². The van der Waals surface area contributed by atoms with E-state index in [9.17, 15) is 14.3 Å². The van der Waals surface area contributed by atoms with Crippen molar-refractivity contribution in [1.29, 1.82) is 0 Å². The number of imidazole rings is 1. The quantitative estimate of drug-likeness (QED) is 0.195. The maximum absolute atomic E-state index is 14.8. The Balaban J connectivity index is 0.00000164. The van der Waals surface area contributed by atoms with E-state index in [1.165, 1.54) is 6.07 Å². The Kier molecular flexibility index (Phi) is 8.05. The molecule has 0 aliphatic heterocycles. The number of hydrogen-bond donors (Lipinski definition) is 4. The Morgan fingerprint density at radius 1 is 1.11 bits per heavy atom. The molecule has 1 atom stereocenters. The number of nitrogens with one attached hydrogen (secondary N) is 2. The van der Waals surface area contributed by atoms with Crippen LogP contribution in [0.4, 0.5) is 4.39 Å². The standard InChI is InChI=1S/C29H26FN3O3.CH4O/c1-18-23-11-12-31-25(23)16-24(30)27(18)36-22-10-4-8-20(15-22)28-32-17-26(33-28)29(2,35)21-9-3-6-19(14-21)7-5-13-34;1-2/h3-4,6,8-17,31,35H,5,7H2,1-2H3,(H,32,33);2H,1H3. The first-order valence-electron chi connectivity index (χ1n) is 12.2. The molecule has 0 amide bonds. The van der Waals surface area contributed by atoms with Crippen LogP contribution in [0.3, 0.4) is 0 Å². The van der Waals surface area contributed by atoms with Gasteiger partial charge in [-0.15, -0.1) is 0 Å². The summed E-state index contributed by atoms with van der Waals surface area (Å²) in [6.07, 6.45) is 5.31.